The summed E-state index contributed by atoms with van der Waals surface area (Å²) in [5, 5.41) is 0. The number of carbonyl (C=O) groups excluding carboxylic acids is 2. The van der Waals surface area contributed by atoms with Crippen LogP contribution < -0.4 is 0 Å². The van der Waals surface area contributed by atoms with E-state index in [9.17, 15) is 9.59 Å². The number of ether oxygens (including phenoxy) is 2. The molecule has 0 bridgehead atoms. The minimum atomic E-state index is -0.439. The average molecular weight is 652 g/mol. The van der Waals surface area contributed by atoms with Crippen LogP contribution in [-0.2, 0) is 35.3 Å². The predicted octanol–water partition coefficient (Wildman–Crippen LogP) is 7.92. The number of rotatable bonds is 0. The van der Waals surface area contributed by atoms with Crippen LogP contribution in [0.3, 0.4) is 0 Å². The maximum atomic E-state index is 12.1. The van der Waals surface area contributed by atoms with Crippen molar-refractivity contribution in [1.82, 2.24) is 9.80 Å². The third kappa shape index (κ3) is 9.60. The molecule has 8 heteroatoms. The minimum Gasteiger partial charge on any atom is -0.444 e. The van der Waals surface area contributed by atoms with Gasteiger partial charge in [-0.15, -0.1) is 0 Å². The number of carbonyl (C=O) groups is 2. The second-order valence-corrected chi connectivity index (χ2v) is 13.6. The fourth-order valence-electron chi connectivity index (χ4n) is 4.41. The first-order valence-corrected chi connectivity index (χ1v) is 14.8. The molecule has 2 aliphatic rings. The Morgan fingerprint density at radius 3 is 1.68 bits per heavy atom. The lowest BCUT2D eigenvalue weighted by Gasteiger charge is -2.26. The van der Waals surface area contributed by atoms with Crippen LogP contribution in [0.15, 0.2) is 45.3 Å². The molecule has 0 unspecified atom stereocenters. The lowest BCUT2D eigenvalue weighted by atomic mass is 10.0. The van der Waals surface area contributed by atoms with E-state index in [0.29, 0.717) is 6.54 Å². The van der Waals surface area contributed by atoms with Crippen LogP contribution in [-0.4, -0.2) is 52.8 Å². The molecule has 2 amide bonds. The van der Waals surface area contributed by atoms with E-state index < -0.39 is 11.2 Å². The van der Waals surface area contributed by atoms with Crippen molar-refractivity contribution in [3.63, 3.8) is 0 Å². The highest BCUT2D eigenvalue weighted by Gasteiger charge is 2.25. The number of aryl methyl sites for hydroxylation is 1. The lowest BCUT2D eigenvalue weighted by molar-refractivity contribution is 0.0232. The molecular weight excluding hydrogens is 612 g/mol. The highest BCUT2D eigenvalue weighted by Crippen LogP contribution is 2.24. The molecule has 38 heavy (non-hydrogen) atoms. The van der Waals surface area contributed by atoms with E-state index in [1.165, 1.54) is 22.3 Å². The fraction of sp³-hybridized carbons (Fsp3) is 0.533. The Kier molecular flexibility index (Phi) is 10.3. The molecule has 0 aliphatic carbocycles. The third-order valence-corrected chi connectivity index (χ3v) is 7.16. The first-order chi connectivity index (χ1) is 17.7. The number of halogens is 2. The molecule has 0 saturated carbocycles. The first-order valence-electron chi connectivity index (χ1n) is 13.2. The SMILES string of the molecule is CC(C)(C)OC(=O)N1CCCc2cc(Br)ccc2C1.CC(C)(C)OC(=O)N1CCc2ccc(Br)cc2CC1. The van der Waals surface area contributed by atoms with E-state index in [1.54, 1.807) is 9.80 Å². The maximum Gasteiger partial charge on any atom is 0.410 e. The van der Waals surface area contributed by atoms with Crippen LogP contribution >= 0.6 is 31.9 Å². The Bertz CT molecular complexity index is 1140. The molecule has 2 aliphatic heterocycles. The monoisotopic (exact) mass is 650 g/mol. The highest BCUT2D eigenvalue weighted by molar-refractivity contribution is 9.10. The van der Waals surface area contributed by atoms with Gasteiger partial charge in [0.05, 0.1) is 0 Å². The van der Waals surface area contributed by atoms with Crippen molar-refractivity contribution < 1.29 is 19.1 Å². The van der Waals surface area contributed by atoms with Crippen molar-refractivity contribution in [2.24, 2.45) is 0 Å². The standard InChI is InChI=1S/2C15H20BrNO2/c1-15(2,3)19-14(18)17-8-6-11-4-5-13(16)10-12(11)7-9-17;1-15(2,3)19-14(18)17-8-4-5-11-9-13(16)7-6-12(11)10-17/h4-5,10H,6-9H2,1-3H3;6-7,9H,4-5,8,10H2,1-3H3. The third-order valence-electron chi connectivity index (χ3n) is 6.18. The summed E-state index contributed by atoms with van der Waals surface area (Å²) in [5.74, 6) is 0. The van der Waals surface area contributed by atoms with Gasteiger partial charge in [-0.2, -0.15) is 0 Å². The highest BCUT2D eigenvalue weighted by atomic mass is 79.9. The van der Waals surface area contributed by atoms with Gasteiger partial charge in [-0.25, -0.2) is 9.59 Å². The van der Waals surface area contributed by atoms with Crippen molar-refractivity contribution in [2.45, 2.75) is 85.0 Å². The van der Waals surface area contributed by atoms with Gasteiger partial charge in [-0.3, -0.25) is 0 Å². The predicted molar refractivity (Wildman–Crippen MR) is 158 cm³/mol. The molecule has 0 radical (unpaired) electrons. The van der Waals surface area contributed by atoms with E-state index in [1.807, 2.05) is 47.6 Å². The molecule has 0 atom stereocenters. The lowest BCUT2D eigenvalue weighted by Crippen LogP contribution is -2.38. The Morgan fingerprint density at radius 1 is 0.658 bits per heavy atom. The van der Waals surface area contributed by atoms with Gasteiger partial charge in [-0.05, 0) is 114 Å². The summed E-state index contributed by atoms with van der Waals surface area (Å²) >= 11 is 6.99. The summed E-state index contributed by atoms with van der Waals surface area (Å²) in [4.78, 5) is 27.8. The van der Waals surface area contributed by atoms with Crippen LogP contribution in [0.5, 0.6) is 0 Å². The van der Waals surface area contributed by atoms with Gasteiger partial charge in [0.25, 0.3) is 0 Å². The zero-order valence-corrected chi connectivity index (χ0v) is 26.6. The zero-order chi connectivity index (χ0) is 28.1. The number of nitrogens with zero attached hydrogens (tertiary/aromatic N) is 2. The topological polar surface area (TPSA) is 59.1 Å². The fourth-order valence-corrected chi connectivity index (χ4v) is 5.23. The number of hydrogen-bond acceptors (Lipinski definition) is 4. The Morgan fingerprint density at radius 2 is 1.13 bits per heavy atom. The molecule has 2 aromatic carbocycles. The first kappa shape index (κ1) is 30.5. The second kappa shape index (κ2) is 12.9. The maximum absolute atomic E-state index is 12.1. The van der Waals surface area contributed by atoms with Crippen LogP contribution in [0, 0.1) is 0 Å². The second-order valence-electron chi connectivity index (χ2n) is 11.8. The van der Waals surface area contributed by atoms with E-state index in [0.717, 1.165) is 54.3 Å². The van der Waals surface area contributed by atoms with Gasteiger partial charge in [-0.1, -0.05) is 44.0 Å². The number of amides is 2. The molecule has 2 aromatic rings. The van der Waals surface area contributed by atoms with E-state index in [4.69, 9.17) is 9.47 Å². The Balaban J connectivity index is 0.000000211. The van der Waals surface area contributed by atoms with Crippen molar-refractivity contribution >= 4 is 44.0 Å². The Hall–Kier alpha value is -2.06. The van der Waals surface area contributed by atoms with Crippen molar-refractivity contribution in [3.05, 3.63) is 67.6 Å². The molecule has 2 heterocycles. The van der Waals surface area contributed by atoms with E-state index >= 15 is 0 Å². The van der Waals surface area contributed by atoms with Gasteiger partial charge in [0.2, 0.25) is 0 Å². The van der Waals surface area contributed by atoms with Gasteiger partial charge in [0.1, 0.15) is 11.2 Å². The Labute approximate surface area is 244 Å². The number of hydrogen-bond donors (Lipinski definition) is 0. The molecule has 0 saturated heterocycles. The quantitative estimate of drug-likeness (QED) is 0.290. The van der Waals surface area contributed by atoms with Crippen LogP contribution in [0.25, 0.3) is 0 Å². The molecule has 6 nitrogen and oxygen atoms in total. The number of fused-ring (bicyclic) bond motifs is 2. The smallest absolute Gasteiger partial charge is 0.410 e. The largest absolute Gasteiger partial charge is 0.444 e. The zero-order valence-electron chi connectivity index (χ0n) is 23.4. The van der Waals surface area contributed by atoms with Crippen molar-refractivity contribution in [3.8, 4) is 0 Å². The van der Waals surface area contributed by atoms with Crippen molar-refractivity contribution in [2.75, 3.05) is 19.6 Å². The van der Waals surface area contributed by atoms with Crippen LogP contribution in [0.4, 0.5) is 9.59 Å². The molecule has 0 aromatic heterocycles. The van der Waals surface area contributed by atoms with Gasteiger partial charge < -0.3 is 19.3 Å². The average Bonchev–Trinajstić information content (AvgIpc) is 3.13. The molecule has 0 N–H and O–H groups in total. The van der Waals surface area contributed by atoms with Crippen LogP contribution in [0.2, 0.25) is 0 Å². The van der Waals surface area contributed by atoms with E-state index in [2.05, 4.69) is 62.2 Å². The summed E-state index contributed by atoms with van der Waals surface area (Å²) in [6.45, 7) is 14.2. The minimum absolute atomic E-state index is 0.209. The molecule has 0 spiro atoms. The molecular formula is C30H40Br2N2O4. The summed E-state index contributed by atoms with van der Waals surface area (Å²) in [6, 6.07) is 12.6. The molecule has 208 valence electrons. The van der Waals surface area contributed by atoms with Gasteiger partial charge in [0, 0.05) is 35.1 Å². The molecule has 4 rings (SSSR count). The van der Waals surface area contributed by atoms with Crippen molar-refractivity contribution in [1.29, 1.82) is 0 Å². The van der Waals surface area contributed by atoms with Gasteiger partial charge in [0.15, 0.2) is 0 Å². The summed E-state index contributed by atoms with van der Waals surface area (Å²) in [7, 11) is 0. The molecule has 0 fully saturated rings. The van der Waals surface area contributed by atoms with Crippen LogP contribution in [0.1, 0.15) is 70.2 Å². The number of benzene rings is 2. The summed E-state index contributed by atoms with van der Waals surface area (Å²) in [5.41, 5.74) is 4.31. The summed E-state index contributed by atoms with van der Waals surface area (Å²) < 4.78 is 13.1. The van der Waals surface area contributed by atoms with Gasteiger partial charge >= 0.3 is 12.2 Å². The van der Waals surface area contributed by atoms with E-state index in [-0.39, 0.29) is 12.2 Å². The normalized spacial score (nSPS) is 15.7. The summed E-state index contributed by atoms with van der Waals surface area (Å²) in [6.07, 6.45) is 3.33.